The van der Waals surface area contributed by atoms with Gasteiger partial charge >= 0.3 is 5.97 Å². The highest BCUT2D eigenvalue weighted by Gasteiger charge is 2.16. The third-order valence-electron chi connectivity index (χ3n) is 3.93. The standard InChI is InChI=1S/C19H34O4/c1-3-4-5-6-7-8-9-10-11-12-13-14-19(23-17(2)21)15-18(22)16-20/h1,18-20,22H,4-16H2,2H3/t18-,19+/m0/s1. The molecule has 0 spiro atoms. The van der Waals surface area contributed by atoms with Gasteiger partial charge in [0.2, 0.25) is 0 Å². The normalized spacial score (nSPS) is 13.3. The molecule has 2 atom stereocenters. The van der Waals surface area contributed by atoms with Crippen molar-refractivity contribution in [2.45, 2.75) is 96.2 Å². The van der Waals surface area contributed by atoms with Crippen molar-refractivity contribution >= 4 is 5.97 Å². The fourth-order valence-electron chi connectivity index (χ4n) is 2.67. The molecule has 0 rings (SSSR count). The lowest BCUT2D eigenvalue weighted by molar-refractivity contribution is -0.148. The maximum atomic E-state index is 11.0. The van der Waals surface area contributed by atoms with Crippen LogP contribution in [0.15, 0.2) is 0 Å². The van der Waals surface area contributed by atoms with E-state index in [4.69, 9.17) is 16.3 Å². The van der Waals surface area contributed by atoms with Crippen LogP contribution in [0.4, 0.5) is 0 Å². The van der Waals surface area contributed by atoms with Crippen LogP contribution in [0, 0.1) is 12.3 Å². The van der Waals surface area contributed by atoms with Crippen molar-refractivity contribution in [1.82, 2.24) is 0 Å². The van der Waals surface area contributed by atoms with Crippen LogP contribution < -0.4 is 0 Å². The number of hydrogen-bond acceptors (Lipinski definition) is 4. The molecule has 0 unspecified atom stereocenters. The number of aliphatic hydroxyl groups excluding tert-OH is 2. The molecule has 0 radical (unpaired) electrons. The molecule has 134 valence electrons. The molecule has 0 amide bonds. The Balaban J connectivity index is 3.54. The molecule has 0 aliphatic carbocycles. The van der Waals surface area contributed by atoms with E-state index in [0.717, 1.165) is 32.1 Å². The molecule has 0 aromatic heterocycles. The number of ether oxygens (including phenoxy) is 1. The van der Waals surface area contributed by atoms with E-state index < -0.39 is 6.10 Å². The van der Waals surface area contributed by atoms with Gasteiger partial charge in [0.05, 0.1) is 12.7 Å². The molecular weight excluding hydrogens is 292 g/mol. The minimum Gasteiger partial charge on any atom is -0.462 e. The molecule has 0 heterocycles. The van der Waals surface area contributed by atoms with Crippen molar-refractivity contribution < 1.29 is 19.7 Å². The summed E-state index contributed by atoms with van der Waals surface area (Å²) in [5.74, 6) is 2.34. The van der Waals surface area contributed by atoms with Crippen LogP contribution in [-0.2, 0) is 9.53 Å². The van der Waals surface area contributed by atoms with E-state index in [1.165, 1.54) is 45.4 Å². The van der Waals surface area contributed by atoms with Crippen LogP contribution in [0.1, 0.15) is 84.0 Å². The molecule has 0 bridgehead atoms. The molecule has 0 fully saturated rings. The van der Waals surface area contributed by atoms with Gasteiger partial charge < -0.3 is 14.9 Å². The van der Waals surface area contributed by atoms with Gasteiger partial charge in [-0.25, -0.2) is 0 Å². The first-order chi connectivity index (χ1) is 11.1. The fourth-order valence-corrected chi connectivity index (χ4v) is 2.67. The predicted octanol–water partition coefficient (Wildman–Crippen LogP) is 3.59. The Hall–Kier alpha value is -1.05. The highest BCUT2D eigenvalue weighted by Crippen LogP contribution is 2.15. The number of carbonyl (C=O) groups is 1. The molecule has 2 N–H and O–H groups in total. The first-order valence-corrected chi connectivity index (χ1v) is 8.99. The minimum absolute atomic E-state index is 0.286. The Morgan fingerprint density at radius 2 is 1.57 bits per heavy atom. The van der Waals surface area contributed by atoms with Crippen LogP contribution in [0.25, 0.3) is 0 Å². The van der Waals surface area contributed by atoms with Crippen molar-refractivity contribution in [3.05, 3.63) is 0 Å². The lowest BCUT2D eigenvalue weighted by Gasteiger charge is -2.19. The summed E-state index contributed by atoms with van der Waals surface area (Å²) in [6.45, 7) is 1.08. The average Bonchev–Trinajstić information content (AvgIpc) is 2.51. The second-order valence-electron chi connectivity index (χ2n) is 6.23. The summed E-state index contributed by atoms with van der Waals surface area (Å²) in [4.78, 5) is 11.0. The molecule has 0 aliphatic rings. The van der Waals surface area contributed by atoms with E-state index in [0.29, 0.717) is 6.42 Å². The van der Waals surface area contributed by atoms with Crippen LogP contribution in [0.5, 0.6) is 0 Å². The van der Waals surface area contributed by atoms with Gasteiger partial charge in [-0.15, -0.1) is 12.3 Å². The Labute approximate surface area is 141 Å². The number of rotatable bonds is 15. The van der Waals surface area contributed by atoms with Crippen LogP contribution in [0.3, 0.4) is 0 Å². The van der Waals surface area contributed by atoms with Gasteiger partial charge in [-0.3, -0.25) is 4.79 Å². The summed E-state index contributed by atoms with van der Waals surface area (Å²) in [7, 11) is 0. The fraction of sp³-hybridized carbons (Fsp3) is 0.842. The number of aliphatic hydroxyl groups is 2. The van der Waals surface area contributed by atoms with Gasteiger partial charge in [0.25, 0.3) is 0 Å². The number of unbranched alkanes of at least 4 members (excludes halogenated alkanes) is 9. The zero-order valence-electron chi connectivity index (χ0n) is 14.6. The topological polar surface area (TPSA) is 66.8 Å². The van der Waals surface area contributed by atoms with Crippen molar-refractivity contribution in [1.29, 1.82) is 0 Å². The van der Waals surface area contributed by atoms with Gasteiger partial charge in [-0.1, -0.05) is 44.9 Å². The monoisotopic (exact) mass is 326 g/mol. The van der Waals surface area contributed by atoms with Crippen LogP contribution >= 0.6 is 0 Å². The summed E-state index contributed by atoms with van der Waals surface area (Å²) in [6.07, 6.45) is 16.8. The SMILES string of the molecule is C#CCCCCCCCCCCC[C@H](C[C@H](O)CO)OC(C)=O. The molecule has 0 saturated carbocycles. The third-order valence-corrected chi connectivity index (χ3v) is 3.93. The second kappa shape index (κ2) is 15.8. The smallest absolute Gasteiger partial charge is 0.302 e. The lowest BCUT2D eigenvalue weighted by atomic mass is 10.0. The molecule has 23 heavy (non-hydrogen) atoms. The Morgan fingerprint density at radius 3 is 2.04 bits per heavy atom. The summed E-state index contributed by atoms with van der Waals surface area (Å²) in [6, 6.07) is 0. The van der Waals surface area contributed by atoms with Gasteiger partial charge in [-0.05, 0) is 19.3 Å². The van der Waals surface area contributed by atoms with Gasteiger partial charge in [0.1, 0.15) is 6.10 Å². The van der Waals surface area contributed by atoms with Crippen molar-refractivity contribution in [2.24, 2.45) is 0 Å². The molecule has 0 aliphatic heterocycles. The molecule has 0 saturated heterocycles. The Bertz CT molecular complexity index is 322. The summed E-state index contributed by atoms with van der Waals surface area (Å²) >= 11 is 0. The minimum atomic E-state index is -0.811. The largest absolute Gasteiger partial charge is 0.462 e. The molecule has 4 nitrogen and oxygen atoms in total. The first-order valence-electron chi connectivity index (χ1n) is 8.99. The predicted molar refractivity (Wildman–Crippen MR) is 92.9 cm³/mol. The first kappa shape index (κ1) is 21.9. The number of terminal acetylenes is 1. The van der Waals surface area contributed by atoms with E-state index >= 15 is 0 Å². The van der Waals surface area contributed by atoms with Gasteiger partial charge in [0, 0.05) is 19.8 Å². The van der Waals surface area contributed by atoms with E-state index in [9.17, 15) is 9.90 Å². The highest BCUT2D eigenvalue weighted by molar-refractivity contribution is 5.66. The van der Waals surface area contributed by atoms with Crippen molar-refractivity contribution in [2.75, 3.05) is 6.61 Å². The quantitative estimate of drug-likeness (QED) is 0.274. The van der Waals surface area contributed by atoms with Crippen molar-refractivity contribution in [3.8, 4) is 12.3 Å². The summed E-state index contributed by atoms with van der Waals surface area (Å²) in [5, 5.41) is 18.3. The zero-order valence-corrected chi connectivity index (χ0v) is 14.6. The lowest BCUT2D eigenvalue weighted by Crippen LogP contribution is -2.25. The number of esters is 1. The molecule has 0 aromatic rings. The van der Waals surface area contributed by atoms with Crippen LogP contribution in [0.2, 0.25) is 0 Å². The van der Waals surface area contributed by atoms with E-state index in [-0.39, 0.29) is 18.7 Å². The van der Waals surface area contributed by atoms with E-state index in [2.05, 4.69) is 5.92 Å². The Morgan fingerprint density at radius 1 is 1.04 bits per heavy atom. The van der Waals surface area contributed by atoms with Gasteiger partial charge in [0.15, 0.2) is 0 Å². The number of carbonyl (C=O) groups excluding carboxylic acids is 1. The molecular formula is C19H34O4. The van der Waals surface area contributed by atoms with Crippen LogP contribution in [-0.4, -0.2) is 35.0 Å². The molecule has 4 heteroatoms. The van der Waals surface area contributed by atoms with Crippen molar-refractivity contribution in [3.63, 3.8) is 0 Å². The Kier molecular flexibility index (Phi) is 15.1. The summed E-state index contributed by atoms with van der Waals surface area (Å²) < 4.78 is 5.19. The average molecular weight is 326 g/mol. The second-order valence-corrected chi connectivity index (χ2v) is 6.23. The molecule has 0 aromatic carbocycles. The number of hydrogen-bond donors (Lipinski definition) is 2. The zero-order chi connectivity index (χ0) is 17.3. The summed E-state index contributed by atoms with van der Waals surface area (Å²) in [5.41, 5.74) is 0. The third kappa shape index (κ3) is 15.6. The van der Waals surface area contributed by atoms with E-state index in [1.54, 1.807) is 0 Å². The van der Waals surface area contributed by atoms with Gasteiger partial charge in [-0.2, -0.15) is 0 Å². The maximum Gasteiger partial charge on any atom is 0.302 e. The van der Waals surface area contributed by atoms with E-state index in [1.807, 2.05) is 0 Å². The maximum absolute atomic E-state index is 11.0. The highest BCUT2D eigenvalue weighted by atomic mass is 16.5.